The van der Waals surface area contributed by atoms with Crippen molar-refractivity contribution in [1.82, 2.24) is 35.5 Å². The number of carbonyl (C=O) groups excluding carboxylic acids is 6. The van der Waals surface area contributed by atoms with Crippen molar-refractivity contribution in [2.24, 2.45) is 10.8 Å². The van der Waals surface area contributed by atoms with E-state index in [0.717, 1.165) is 16.0 Å². The molecule has 8 rings (SSSR count). The Morgan fingerprint density at radius 3 is 2.16 bits per heavy atom. The van der Waals surface area contributed by atoms with Crippen molar-refractivity contribution >= 4 is 58.5 Å². The summed E-state index contributed by atoms with van der Waals surface area (Å²) in [5.41, 5.74) is 1.66. The number of benzene rings is 2. The summed E-state index contributed by atoms with van der Waals surface area (Å²) in [6.07, 6.45) is -0.106. The number of amides is 6. The minimum absolute atomic E-state index is 0.0481. The molecule has 16 nitrogen and oxygen atoms in total. The van der Waals surface area contributed by atoms with Crippen molar-refractivity contribution < 1.29 is 33.5 Å². The topological polar surface area (TPSA) is 179 Å². The molecule has 2 saturated heterocycles. The summed E-state index contributed by atoms with van der Waals surface area (Å²) in [5.74, 6) is -1.44. The maximum absolute atomic E-state index is 13.4. The Kier molecular flexibility index (Phi) is 9.72. The molecule has 0 bridgehead atoms. The van der Waals surface area contributed by atoms with Crippen molar-refractivity contribution in [2.75, 3.05) is 37.6 Å². The van der Waals surface area contributed by atoms with E-state index in [1.807, 2.05) is 27.7 Å². The quantitative estimate of drug-likeness (QED) is 0.252. The van der Waals surface area contributed by atoms with Crippen molar-refractivity contribution in [3.05, 3.63) is 86.9 Å². The van der Waals surface area contributed by atoms with E-state index >= 15 is 0 Å². The van der Waals surface area contributed by atoms with Crippen LogP contribution in [0.3, 0.4) is 0 Å². The molecule has 3 aromatic rings. The Labute approximate surface area is 339 Å². The van der Waals surface area contributed by atoms with Gasteiger partial charge in [-0.2, -0.15) is 0 Å². The lowest BCUT2D eigenvalue weighted by molar-refractivity contribution is -0.164. The maximum Gasteiger partial charge on any atom is 0.272 e. The summed E-state index contributed by atoms with van der Waals surface area (Å²) in [5, 5.41) is 14.3. The molecule has 58 heavy (non-hydrogen) atoms. The smallest absolute Gasteiger partial charge is 0.272 e. The molecule has 1 aliphatic carbocycles. The molecular weight excluding hydrogens is 766 g/mol. The Morgan fingerprint density at radius 1 is 0.931 bits per heavy atom. The summed E-state index contributed by atoms with van der Waals surface area (Å²) >= 11 is 6.23. The minimum Gasteiger partial charge on any atom is -0.489 e. The van der Waals surface area contributed by atoms with E-state index in [0.29, 0.717) is 61.5 Å². The van der Waals surface area contributed by atoms with Crippen LogP contribution in [0.15, 0.2) is 42.5 Å². The first-order valence-corrected chi connectivity index (χ1v) is 19.6. The lowest BCUT2D eigenvalue weighted by Crippen LogP contribution is -2.74. The van der Waals surface area contributed by atoms with Crippen molar-refractivity contribution in [3.8, 4) is 5.75 Å². The number of imide groups is 2. The number of aromatic nitrogens is 2. The molecule has 17 heteroatoms. The molecule has 2 aromatic carbocycles. The molecular formula is C41H42ClN9O7. The minimum atomic E-state index is -1.03. The fourth-order valence-corrected chi connectivity index (χ4v) is 9.59. The standard InChI is InChI=1S/C41H42ClN9O7/c1-40(2)38(41(3,4)39(40)58-24-6-7-28(43-5)27(42)18-24)45-34(54)29-8-10-31(47-46-29)49-14-12-48(13-15-49)21-33(53)50-19-22-16-25-26(17-23(22)20-50)37(57)51(36(25)56)30-9-11-32(52)44-35(30)55/h6-8,10,16-18,30,38-39H,9,11-15,19-21H2,1-4H3,(H,45,54)(H,44,52,55). The third-order valence-electron chi connectivity index (χ3n) is 12.2. The molecule has 300 valence electrons. The van der Waals surface area contributed by atoms with Crippen LogP contribution in [0.25, 0.3) is 4.85 Å². The second-order valence-electron chi connectivity index (χ2n) is 16.7. The number of ether oxygens (including phenoxy) is 1. The number of carbonyl (C=O) groups is 6. The zero-order chi connectivity index (χ0) is 41.3. The van der Waals surface area contributed by atoms with Gasteiger partial charge in [0.2, 0.25) is 23.4 Å². The molecule has 0 spiro atoms. The van der Waals surface area contributed by atoms with Gasteiger partial charge in [-0.3, -0.25) is 43.9 Å². The van der Waals surface area contributed by atoms with Gasteiger partial charge < -0.3 is 19.9 Å². The van der Waals surface area contributed by atoms with Gasteiger partial charge in [0.05, 0.1) is 29.3 Å². The van der Waals surface area contributed by atoms with E-state index in [4.69, 9.17) is 22.9 Å². The third-order valence-corrected chi connectivity index (χ3v) is 12.5. The van der Waals surface area contributed by atoms with Gasteiger partial charge in [0.25, 0.3) is 17.7 Å². The SMILES string of the molecule is [C-]#[N+]c1ccc(OC2C(C)(C)C(NC(=O)c3ccc(N4CCN(CC(=O)N5Cc6cc7c(cc6C5)C(=O)N(C5CCC(=O)NC5=O)C7=O)CC4)nn3)C2(C)C)cc1Cl. The van der Waals surface area contributed by atoms with Gasteiger partial charge in [-0.25, -0.2) is 4.85 Å². The van der Waals surface area contributed by atoms with Gasteiger partial charge in [-0.15, -0.1) is 10.2 Å². The zero-order valence-corrected chi connectivity index (χ0v) is 33.3. The number of anilines is 1. The predicted molar refractivity (Wildman–Crippen MR) is 209 cm³/mol. The summed E-state index contributed by atoms with van der Waals surface area (Å²) in [4.78, 5) is 87.6. The number of fused-ring (bicyclic) bond motifs is 2. The van der Waals surface area contributed by atoms with Crippen LogP contribution >= 0.6 is 11.6 Å². The van der Waals surface area contributed by atoms with Crippen LogP contribution in [0.5, 0.6) is 5.75 Å². The van der Waals surface area contributed by atoms with Crippen LogP contribution in [-0.4, -0.2) is 111 Å². The van der Waals surface area contributed by atoms with Gasteiger partial charge in [-0.05, 0) is 53.9 Å². The fraction of sp³-hybridized carbons (Fsp3) is 0.439. The number of rotatable bonds is 8. The van der Waals surface area contributed by atoms with Gasteiger partial charge in [0.1, 0.15) is 17.9 Å². The molecule has 5 heterocycles. The normalized spacial score (nSPS) is 23.4. The van der Waals surface area contributed by atoms with Crippen molar-refractivity contribution in [2.45, 2.75) is 71.8 Å². The van der Waals surface area contributed by atoms with E-state index in [9.17, 15) is 28.8 Å². The number of hydrogen-bond donors (Lipinski definition) is 2. The summed E-state index contributed by atoms with van der Waals surface area (Å²) < 4.78 is 6.34. The predicted octanol–water partition coefficient (Wildman–Crippen LogP) is 3.36. The number of piperazine rings is 1. The lowest BCUT2D eigenvalue weighted by atomic mass is 9.49. The number of nitrogens with zero attached hydrogens (tertiary/aromatic N) is 7. The van der Waals surface area contributed by atoms with Gasteiger partial charge in [-0.1, -0.05) is 45.4 Å². The van der Waals surface area contributed by atoms with Gasteiger partial charge in [0.15, 0.2) is 11.5 Å². The highest BCUT2D eigenvalue weighted by Crippen LogP contribution is 2.55. The molecule has 1 aromatic heterocycles. The largest absolute Gasteiger partial charge is 0.489 e. The van der Waals surface area contributed by atoms with E-state index in [1.165, 1.54) is 0 Å². The number of hydrogen-bond acceptors (Lipinski definition) is 11. The van der Waals surface area contributed by atoms with E-state index in [2.05, 4.69) is 35.5 Å². The number of piperidine rings is 1. The van der Waals surface area contributed by atoms with Crippen LogP contribution in [-0.2, 0) is 27.5 Å². The van der Waals surface area contributed by atoms with Gasteiger partial charge >= 0.3 is 0 Å². The van der Waals surface area contributed by atoms with Gasteiger partial charge in [0, 0.05) is 62.6 Å². The van der Waals surface area contributed by atoms with E-state index in [1.54, 1.807) is 47.4 Å². The van der Waals surface area contributed by atoms with Crippen LogP contribution in [0, 0.1) is 17.4 Å². The molecule has 3 fully saturated rings. The molecule has 1 saturated carbocycles. The first-order valence-electron chi connectivity index (χ1n) is 19.2. The van der Waals surface area contributed by atoms with Crippen molar-refractivity contribution in [1.29, 1.82) is 0 Å². The Bertz CT molecular complexity index is 2260. The lowest BCUT2D eigenvalue weighted by Gasteiger charge is -2.63. The summed E-state index contributed by atoms with van der Waals surface area (Å²) in [7, 11) is 0. The summed E-state index contributed by atoms with van der Waals surface area (Å²) in [6.45, 7) is 18.6. The highest BCUT2D eigenvalue weighted by Gasteiger charge is 2.64. The van der Waals surface area contributed by atoms with Crippen LogP contribution < -0.4 is 20.3 Å². The first-order chi connectivity index (χ1) is 27.6. The average molecular weight is 808 g/mol. The molecule has 1 atom stereocenters. The number of nitrogens with one attached hydrogen (secondary N) is 2. The Hall–Kier alpha value is -5.92. The Balaban J connectivity index is 0.815. The monoisotopic (exact) mass is 807 g/mol. The van der Waals surface area contributed by atoms with E-state index < -0.39 is 40.5 Å². The van der Waals surface area contributed by atoms with Crippen molar-refractivity contribution in [3.63, 3.8) is 0 Å². The molecule has 6 amide bonds. The van der Waals surface area contributed by atoms with Crippen LogP contribution in [0.4, 0.5) is 11.5 Å². The van der Waals surface area contributed by atoms with Crippen LogP contribution in [0.1, 0.15) is 82.9 Å². The molecule has 2 N–H and O–H groups in total. The first kappa shape index (κ1) is 38.9. The highest BCUT2D eigenvalue weighted by atomic mass is 35.5. The summed E-state index contributed by atoms with van der Waals surface area (Å²) in [6, 6.07) is 10.5. The van der Waals surface area contributed by atoms with Crippen LogP contribution in [0.2, 0.25) is 5.02 Å². The third kappa shape index (κ3) is 6.71. The van der Waals surface area contributed by atoms with E-state index in [-0.39, 0.29) is 60.2 Å². The second kappa shape index (κ2) is 14.5. The zero-order valence-electron chi connectivity index (χ0n) is 32.5. The second-order valence-corrected chi connectivity index (χ2v) is 17.1. The average Bonchev–Trinajstić information content (AvgIpc) is 3.72. The fourth-order valence-electron chi connectivity index (χ4n) is 9.38. The number of halogens is 1. The molecule has 4 aliphatic heterocycles. The molecule has 0 radical (unpaired) electrons. The Morgan fingerprint density at radius 2 is 1.59 bits per heavy atom. The highest BCUT2D eigenvalue weighted by molar-refractivity contribution is 6.33. The molecule has 1 unspecified atom stereocenters. The molecule has 5 aliphatic rings. The maximum atomic E-state index is 13.4.